The molecule has 2 aromatic rings. The summed E-state index contributed by atoms with van der Waals surface area (Å²) in [5.41, 5.74) is 12.0. The summed E-state index contributed by atoms with van der Waals surface area (Å²) in [7, 11) is 1.49. The number of carbonyl (C=O) groups excluding carboxylic acids is 1. The summed E-state index contributed by atoms with van der Waals surface area (Å²) < 4.78 is 5.20. The van der Waals surface area contributed by atoms with Crippen LogP contribution < -0.4 is 21.5 Å². The molecule has 106 valence electrons. The fraction of sp³-hybridized carbons (Fsp3) is 0.0714. The van der Waals surface area contributed by atoms with Crippen molar-refractivity contribution in [1.29, 1.82) is 5.26 Å². The van der Waals surface area contributed by atoms with E-state index in [0.717, 1.165) is 0 Å². The number of anilines is 3. The van der Waals surface area contributed by atoms with Crippen LogP contribution in [0, 0.1) is 11.3 Å². The van der Waals surface area contributed by atoms with Crippen molar-refractivity contribution in [2.45, 2.75) is 0 Å². The van der Waals surface area contributed by atoms with E-state index >= 15 is 0 Å². The third-order valence-electron chi connectivity index (χ3n) is 2.82. The highest BCUT2D eigenvalue weighted by atomic mass is 16.5. The number of nitrogens with one attached hydrogen (secondary N) is 1. The summed E-state index contributed by atoms with van der Waals surface area (Å²) in [6, 6.07) is 8.52. The van der Waals surface area contributed by atoms with E-state index in [1.165, 1.54) is 19.4 Å². The van der Waals surface area contributed by atoms with Crippen LogP contribution in [0.2, 0.25) is 0 Å². The summed E-state index contributed by atoms with van der Waals surface area (Å²) in [5, 5.41) is 12.1. The molecule has 0 aliphatic carbocycles. The molecular weight excluding hydrogens is 270 g/mol. The molecule has 0 bridgehead atoms. The molecule has 0 unspecified atom stereocenters. The summed E-state index contributed by atoms with van der Waals surface area (Å²) in [5.74, 6) is 0.158. The molecule has 1 heterocycles. The molecule has 1 aromatic carbocycles. The van der Waals surface area contributed by atoms with Crippen LogP contribution in [-0.4, -0.2) is 18.0 Å². The molecule has 0 spiro atoms. The van der Waals surface area contributed by atoms with Gasteiger partial charge >= 0.3 is 0 Å². The molecule has 0 atom stereocenters. The van der Waals surface area contributed by atoms with E-state index in [1.807, 2.05) is 0 Å². The van der Waals surface area contributed by atoms with Crippen LogP contribution in [0.5, 0.6) is 5.75 Å². The van der Waals surface area contributed by atoms with E-state index in [0.29, 0.717) is 22.8 Å². The number of ether oxygens (including phenoxy) is 1. The van der Waals surface area contributed by atoms with Gasteiger partial charge in [0.15, 0.2) is 0 Å². The Morgan fingerprint density at radius 2 is 2.24 bits per heavy atom. The van der Waals surface area contributed by atoms with Gasteiger partial charge in [-0.1, -0.05) is 6.07 Å². The highest BCUT2D eigenvalue weighted by molar-refractivity contribution is 5.98. The third-order valence-corrected chi connectivity index (χ3v) is 2.82. The number of benzene rings is 1. The van der Waals surface area contributed by atoms with Gasteiger partial charge in [-0.15, -0.1) is 0 Å². The Balaban J connectivity index is 2.46. The maximum Gasteiger partial charge on any atom is 0.250 e. The minimum atomic E-state index is -0.654. The molecule has 0 fully saturated rings. The van der Waals surface area contributed by atoms with Crippen molar-refractivity contribution in [3.8, 4) is 11.8 Å². The van der Waals surface area contributed by atoms with E-state index < -0.39 is 5.91 Å². The highest BCUT2D eigenvalue weighted by Crippen LogP contribution is 2.30. The number of nitrogens with two attached hydrogens (primary N) is 2. The van der Waals surface area contributed by atoms with Gasteiger partial charge in [0.2, 0.25) is 0 Å². The topological polar surface area (TPSA) is 127 Å². The van der Waals surface area contributed by atoms with Crippen molar-refractivity contribution in [3.05, 3.63) is 41.6 Å². The Morgan fingerprint density at radius 1 is 1.48 bits per heavy atom. The van der Waals surface area contributed by atoms with Crippen LogP contribution >= 0.6 is 0 Å². The Kier molecular flexibility index (Phi) is 3.90. The lowest BCUT2D eigenvalue weighted by atomic mass is 10.1. The van der Waals surface area contributed by atoms with Gasteiger partial charge in [0, 0.05) is 0 Å². The second-order valence-corrected chi connectivity index (χ2v) is 4.14. The molecule has 7 nitrogen and oxygen atoms in total. The number of para-hydroxylation sites is 1. The average molecular weight is 283 g/mol. The first-order valence-corrected chi connectivity index (χ1v) is 5.96. The van der Waals surface area contributed by atoms with Gasteiger partial charge in [0.05, 0.1) is 30.1 Å². The molecule has 2 rings (SSSR count). The fourth-order valence-electron chi connectivity index (χ4n) is 1.80. The molecule has 7 heteroatoms. The predicted molar refractivity (Wildman–Crippen MR) is 78.2 cm³/mol. The van der Waals surface area contributed by atoms with E-state index in [1.54, 1.807) is 18.2 Å². The minimum absolute atomic E-state index is 0.154. The smallest absolute Gasteiger partial charge is 0.250 e. The number of carbonyl (C=O) groups is 1. The second-order valence-electron chi connectivity index (χ2n) is 4.14. The second kappa shape index (κ2) is 5.79. The Morgan fingerprint density at radius 3 is 2.86 bits per heavy atom. The summed E-state index contributed by atoms with van der Waals surface area (Å²) in [4.78, 5) is 15.3. The number of primary amides is 1. The van der Waals surface area contributed by atoms with Crippen LogP contribution in [0.4, 0.5) is 17.2 Å². The maximum absolute atomic E-state index is 11.3. The van der Waals surface area contributed by atoms with Crippen molar-refractivity contribution >= 4 is 23.1 Å². The number of methoxy groups -OCH3 is 1. The van der Waals surface area contributed by atoms with Crippen LogP contribution in [0.25, 0.3) is 0 Å². The average Bonchev–Trinajstić information content (AvgIpc) is 2.49. The van der Waals surface area contributed by atoms with E-state index in [9.17, 15) is 4.79 Å². The molecule has 1 aromatic heterocycles. The van der Waals surface area contributed by atoms with Crippen LogP contribution in [0.15, 0.2) is 30.5 Å². The Hall–Kier alpha value is -3.27. The molecular formula is C14H13N5O2. The molecule has 0 aliphatic rings. The molecule has 0 aliphatic heterocycles. The molecule has 21 heavy (non-hydrogen) atoms. The molecule has 1 amide bonds. The van der Waals surface area contributed by atoms with E-state index in [4.69, 9.17) is 21.5 Å². The standard InChI is InChI=1S/C14H13N5O2/c1-21-11-4-2-3-8(6-15)13(11)19-12-5-9(14(17)20)10(16)7-18-12/h2-5,7H,16H2,1H3,(H2,17,20)(H,18,19). The normalized spacial score (nSPS) is 9.71. The predicted octanol–water partition coefficient (Wildman–Crippen LogP) is 1.39. The zero-order chi connectivity index (χ0) is 15.4. The number of amides is 1. The number of nitrogen functional groups attached to an aromatic ring is 1. The van der Waals surface area contributed by atoms with Gasteiger partial charge in [-0.25, -0.2) is 4.98 Å². The van der Waals surface area contributed by atoms with Crippen molar-refractivity contribution in [2.24, 2.45) is 5.73 Å². The molecule has 0 saturated carbocycles. The molecule has 0 radical (unpaired) electrons. The first-order valence-electron chi connectivity index (χ1n) is 5.96. The van der Waals surface area contributed by atoms with Gasteiger partial charge in [0.1, 0.15) is 23.3 Å². The fourth-order valence-corrected chi connectivity index (χ4v) is 1.80. The van der Waals surface area contributed by atoms with Crippen molar-refractivity contribution < 1.29 is 9.53 Å². The van der Waals surface area contributed by atoms with Crippen molar-refractivity contribution in [1.82, 2.24) is 4.98 Å². The van der Waals surface area contributed by atoms with E-state index in [2.05, 4.69) is 16.4 Å². The van der Waals surface area contributed by atoms with Gasteiger partial charge in [0.25, 0.3) is 5.91 Å². The summed E-state index contributed by atoms with van der Waals surface area (Å²) in [6.45, 7) is 0. The first-order chi connectivity index (χ1) is 10.1. The SMILES string of the molecule is COc1cccc(C#N)c1Nc1cc(C(N)=O)c(N)cn1. The lowest BCUT2D eigenvalue weighted by Crippen LogP contribution is -2.14. The van der Waals surface area contributed by atoms with Gasteiger partial charge in [-0.3, -0.25) is 4.79 Å². The monoisotopic (exact) mass is 283 g/mol. The van der Waals surface area contributed by atoms with Crippen LogP contribution in [-0.2, 0) is 0 Å². The lowest BCUT2D eigenvalue weighted by Gasteiger charge is -2.13. The largest absolute Gasteiger partial charge is 0.495 e. The van der Waals surface area contributed by atoms with E-state index in [-0.39, 0.29) is 11.3 Å². The maximum atomic E-state index is 11.3. The molecule has 0 saturated heterocycles. The minimum Gasteiger partial charge on any atom is -0.495 e. The Bertz CT molecular complexity index is 737. The van der Waals surface area contributed by atoms with Crippen molar-refractivity contribution in [3.63, 3.8) is 0 Å². The number of aromatic nitrogens is 1. The van der Waals surface area contributed by atoms with Gasteiger partial charge < -0.3 is 21.5 Å². The summed E-state index contributed by atoms with van der Waals surface area (Å²) >= 11 is 0. The quantitative estimate of drug-likeness (QED) is 0.778. The van der Waals surface area contributed by atoms with Gasteiger partial charge in [-0.2, -0.15) is 5.26 Å². The number of hydrogen-bond donors (Lipinski definition) is 3. The van der Waals surface area contributed by atoms with Crippen LogP contribution in [0.3, 0.4) is 0 Å². The first kappa shape index (κ1) is 14.1. The number of nitriles is 1. The van der Waals surface area contributed by atoms with Crippen molar-refractivity contribution in [2.75, 3.05) is 18.2 Å². The molecule has 5 N–H and O–H groups in total. The zero-order valence-corrected chi connectivity index (χ0v) is 11.3. The number of pyridine rings is 1. The number of rotatable bonds is 4. The summed E-state index contributed by atoms with van der Waals surface area (Å²) in [6.07, 6.45) is 1.32. The zero-order valence-electron chi connectivity index (χ0n) is 11.3. The van der Waals surface area contributed by atoms with Gasteiger partial charge in [-0.05, 0) is 18.2 Å². The van der Waals surface area contributed by atoms with Crippen LogP contribution in [0.1, 0.15) is 15.9 Å². The number of nitrogens with zero attached hydrogens (tertiary/aromatic N) is 2. The highest BCUT2D eigenvalue weighted by Gasteiger charge is 2.12. The Labute approximate surface area is 121 Å². The third kappa shape index (κ3) is 2.84. The lowest BCUT2D eigenvalue weighted by molar-refractivity contribution is 0.100. The number of hydrogen-bond acceptors (Lipinski definition) is 6.